The number of amides is 2. The highest BCUT2D eigenvalue weighted by molar-refractivity contribution is 9.10. The van der Waals surface area contributed by atoms with Crippen LogP contribution in [0.2, 0.25) is 5.02 Å². The lowest BCUT2D eigenvalue weighted by molar-refractivity contribution is -0.140. The lowest BCUT2D eigenvalue weighted by atomic mass is 10.0. The lowest BCUT2D eigenvalue weighted by Gasteiger charge is -2.34. The Hall–Kier alpha value is -3.66. The molecule has 0 heterocycles. The molecule has 0 spiro atoms. The molecular formula is C35H37BrClN3O4S. The molecule has 4 rings (SSSR count). The molecule has 0 aliphatic heterocycles. The van der Waals surface area contributed by atoms with Crippen LogP contribution in [-0.2, 0) is 32.6 Å². The zero-order valence-electron chi connectivity index (χ0n) is 25.5. The van der Waals surface area contributed by atoms with Crippen LogP contribution < -0.4 is 9.62 Å². The quantitative estimate of drug-likeness (QED) is 0.160. The predicted octanol–water partition coefficient (Wildman–Crippen LogP) is 7.16. The number of sulfonamides is 1. The molecule has 0 bridgehead atoms. The normalized spacial score (nSPS) is 12.6. The van der Waals surface area contributed by atoms with E-state index in [0.717, 1.165) is 19.9 Å². The third-order valence-electron chi connectivity index (χ3n) is 7.60. The van der Waals surface area contributed by atoms with Gasteiger partial charge in [-0.05, 0) is 79.4 Å². The fourth-order valence-electron chi connectivity index (χ4n) is 4.87. The number of aryl methyl sites for hydroxylation is 1. The third-order valence-corrected chi connectivity index (χ3v) is 10.2. The highest BCUT2D eigenvalue weighted by atomic mass is 79.9. The molecule has 0 aliphatic rings. The molecule has 7 nitrogen and oxygen atoms in total. The Labute approximate surface area is 279 Å². The van der Waals surface area contributed by atoms with Gasteiger partial charge in [-0.15, -0.1) is 0 Å². The van der Waals surface area contributed by atoms with Gasteiger partial charge in [-0.1, -0.05) is 95.1 Å². The average Bonchev–Trinajstić information content (AvgIpc) is 3.03. The number of carbonyl (C=O) groups is 2. The van der Waals surface area contributed by atoms with Crippen molar-refractivity contribution >= 4 is 55.1 Å². The number of para-hydroxylation sites is 1. The second kappa shape index (κ2) is 15.6. The molecule has 4 aromatic rings. The molecule has 236 valence electrons. The summed E-state index contributed by atoms with van der Waals surface area (Å²) in [6, 6.07) is 28.8. The molecule has 0 fully saturated rings. The summed E-state index contributed by atoms with van der Waals surface area (Å²) < 4.78 is 30.3. The first-order valence-corrected chi connectivity index (χ1v) is 17.3. The summed E-state index contributed by atoms with van der Waals surface area (Å²) in [4.78, 5) is 29.9. The van der Waals surface area contributed by atoms with Crippen LogP contribution >= 0.6 is 27.5 Å². The molecule has 2 atom stereocenters. The highest BCUT2D eigenvalue weighted by Crippen LogP contribution is 2.28. The van der Waals surface area contributed by atoms with Gasteiger partial charge in [0.25, 0.3) is 10.0 Å². The van der Waals surface area contributed by atoms with Gasteiger partial charge < -0.3 is 10.2 Å². The van der Waals surface area contributed by atoms with Crippen molar-refractivity contribution in [2.24, 2.45) is 0 Å². The molecule has 0 aromatic heterocycles. The second-order valence-corrected chi connectivity index (χ2v) is 14.1. The van der Waals surface area contributed by atoms with Gasteiger partial charge in [0, 0.05) is 28.5 Å². The Kier molecular flexibility index (Phi) is 11.8. The van der Waals surface area contributed by atoms with E-state index in [0.29, 0.717) is 22.7 Å². The number of benzene rings is 4. The molecule has 0 saturated heterocycles. The van der Waals surface area contributed by atoms with Gasteiger partial charge in [-0.25, -0.2) is 8.42 Å². The van der Waals surface area contributed by atoms with Crippen molar-refractivity contribution in [1.82, 2.24) is 10.2 Å². The number of carbonyl (C=O) groups excluding carboxylic acids is 2. The molecule has 0 radical (unpaired) electrons. The van der Waals surface area contributed by atoms with E-state index in [1.54, 1.807) is 25.1 Å². The van der Waals surface area contributed by atoms with Crippen LogP contribution in [0, 0.1) is 6.92 Å². The lowest BCUT2D eigenvalue weighted by Crippen LogP contribution is -2.54. The number of nitrogens with one attached hydrogen (secondary N) is 1. The number of nitrogens with zero attached hydrogens (tertiary/aromatic N) is 2. The highest BCUT2D eigenvalue weighted by Gasteiger charge is 2.35. The Morgan fingerprint density at radius 3 is 2.11 bits per heavy atom. The second-order valence-electron chi connectivity index (χ2n) is 10.9. The van der Waals surface area contributed by atoms with Gasteiger partial charge in [0.2, 0.25) is 11.8 Å². The van der Waals surface area contributed by atoms with Crippen molar-refractivity contribution in [2.75, 3.05) is 10.8 Å². The average molecular weight is 711 g/mol. The zero-order valence-corrected chi connectivity index (χ0v) is 28.6. The number of hydrogen-bond acceptors (Lipinski definition) is 4. The summed E-state index contributed by atoms with van der Waals surface area (Å²) in [6.45, 7) is 5.26. The molecule has 1 N–H and O–H groups in total. The van der Waals surface area contributed by atoms with Crippen LogP contribution in [0.1, 0.15) is 37.0 Å². The summed E-state index contributed by atoms with van der Waals surface area (Å²) in [5, 5.41) is 3.44. The number of halogens is 2. The van der Waals surface area contributed by atoms with E-state index < -0.39 is 28.5 Å². The summed E-state index contributed by atoms with van der Waals surface area (Å²) in [7, 11) is -4.21. The first kappa shape index (κ1) is 34.2. The van der Waals surface area contributed by atoms with E-state index in [1.807, 2.05) is 74.5 Å². The Morgan fingerprint density at radius 2 is 1.49 bits per heavy atom. The van der Waals surface area contributed by atoms with Crippen LogP contribution in [0.3, 0.4) is 0 Å². The van der Waals surface area contributed by atoms with Crippen molar-refractivity contribution < 1.29 is 18.0 Å². The smallest absolute Gasteiger partial charge is 0.264 e. The predicted molar refractivity (Wildman–Crippen MR) is 184 cm³/mol. The van der Waals surface area contributed by atoms with Gasteiger partial charge in [0.15, 0.2) is 0 Å². The minimum atomic E-state index is -4.21. The van der Waals surface area contributed by atoms with Crippen LogP contribution in [0.5, 0.6) is 0 Å². The third kappa shape index (κ3) is 8.96. The zero-order chi connectivity index (χ0) is 32.6. The first-order valence-electron chi connectivity index (χ1n) is 14.7. The maximum Gasteiger partial charge on any atom is 0.264 e. The molecule has 2 amide bonds. The molecule has 4 aromatic carbocycles. The number of anilines is 1. The maximum absolute atomic E-state index is 14.5. The van der Waals surface area contributed by atoms with E-state index in [9.17, 15) is 18.0 Å². The van der Waals surface area contributed by atoms with Crippen LogP contribution in [-0.4, -0.2) is 43.8 Å². The SMILES string of the molecule is CC[C@@H](C)NC(=O)[C@H](Cc1ccccc1)N(Cc1ccc(Br)cc1)C(=O)CN(c1ccccc1C)S(=O)(=O)c1ccc(Cl)cc1. The molecule has 0 unspecified atom stereocenters. The van der Waals surface area contributed by atoms with Crippen LogP contribution in [0.4, 0.5) is 5.69 Å². The summed E-state index contributed by atoms with van der Waals surface area (Å²) in [5.41, 5.74) is 2.72. The maximum atomic E-state index is 14.5. The van der Waals surface area contributed by atoms with Crippen LogP contribution in [0.15, 0.2) is 112 Å². The summed E-state index contributed by atoms with van der Waals surface area (Å²) >= 11 is 9.52. The Balaban J connectivity index is 1.81. The Morgan fingerprint density at radius 1 is 0.867 bits per heavy atom. The van der Waals surface area contributed by atoms with Crippen molar-refractivity contribution in [3.8, 4) is 0 Å². The van der Waals surface area contributed by atoms with Gasteiger partial charge in [-0.3, -0.25) is 13.9 Å². The largest absolute Gasteiger partial charge is 0.352 e. The molecule has 10 heteroatoms. The van der Waals surface area contributed by atoms with E-state index >= 15 is 0 Å². The van der Waals surface area contributed by atoms with E-state index in [-0.39, 0.29) is 29.8 Å². The molecule has 45 heavy (non-hydrogen) atoms. The van der Waals surface area contributed by atoms with Gasteiger partial charge in [0.1, 0.15) is 12.6 Å². The fourth-order valence-corrected chi connectivity index (χ4v) is 6.74. The number of rotatable bonds is 13. The summed E-state index contributed by atoms with van der Waals surface area (Å²) in [6.07, 6.45) is 0.963. The van der Waals surface area contributed by atoms with Crippen molar-refractivity contribution in [1.29, 1.82) is 0 Å². The number of hydrogen-bond donors (Lipinski definition) is 1. The first-order chi connectivity index (χ1) is 21.5. The fraction of sp³-hybridized carbons (Fsp3) is 0.257. The minimum Gasteiger partial charge on any atom is -0.352 e. The van der Waals surface area contributed by atoms with Gasteiger partial charge >= 0.3 is 0 Å². The standard InChI is InChI=1S/C35H37BrClN3O4S/c1-4-26(3)38-35(42)33(22-27-11-6-5-7-12-27)39(23-28-14-16-29(36)17-15-28)34(41)24-40(32-13-9-8-10-25(32)2)45(43,44)31-20-18-30(37)19-21-31/h5-21,26,33H,4,22-24H2,1-3H3,(H,38,42)/t26-,33+/m1/s1. The van der Waals surface area contributed by atoms with E-state index in [1.165, 1.54) is 29.2 Å². The van der Waals surface area contributed by atoms with Crippen LogP contribution in [0.25, 0.3) is 0 Å². The van der Waals surface area contributed by atoms with Gasteiger partial charge in [0.05, 0.1) is 10.6 Å². The molecule has 0 saturated carbocycles. The van der Waals surface area contributed by atoms with Crippen molar-refractivity contribution in [3.63, 3.8) is 0 Å². The Bertz CT molecular complexity index is 1700. The minimum absolute atomic E-state index is 0.00207. The van der Waals surface area contributed by atoms with Crippen molar-refractivity contribution in [3.05, 3.63) is 129 Å². The van der Waals surface area contributed by atoms with E-state index in [2.05, 4.69) is 21.2 Å². The topological polar surface area (TPSA) is 86.8 Å². The van der Waals surface area contributed by atoms with Crippen molar-refractivity contribution in [2.45, 2.75) is 57.1 Å². The monoisotopic (exact) mass is 709 g/mol. The summed E-state index contributed by atoms with van der Waals surface area (Å²) in [5.74, 6) is -0.819. The van der Waals surface area contributed by atoms with E-state index in [4.69, 9.17) is 11.6 Å². The molecule has 0 aliphatic carbocycles. The van der Waals surface area contributed by atoms with Gasteiger partial charge in [-0.2, -0.15) is 0 Å². The molecular weight excluding hydrogens is 674 g/mol.